The first-order valence-electron chi connectivity index (χ1n) is 18.1. The fourth-order valence-electron chi connectivity index (χ4n) is 5.61. The van der Waals surface area contributed by atoms with Gasteiger partial charge in [-0.1, -0.05) is 86.6 Å². The average molecular weight is 766 g/mol. The van der Waals surface area contributed by atoms with Crippen LogP contribution in [0.25, 0.3) is 0 Å². The zero-order valence-corrected chi connectivity index (χ0v) is 31.3. The molecular formula is C41H47N7O8. The van der Waals surface area contributed by atoms with Gasteiger partial charge in [0.05, 0.1) is 11.0 Å². The highest BCUT2D eigenvalue weighted by Crippen LogP contribution is 2.17. The van der Waals surface area contributed by atoms with E-state index in [0.29, 0.717) is 11.1 Å². The summed E-state index contributed by atoms with van der Waals surface area (Å²) in [7, 11) is 0. The minimum absolute atomic E-state index is 0.0197. The van der Waals surface area contributed by atoms with E-state index >= 15 is 0 Å². The summed E-state index contributed by atoms with van der Waals surface area (Å²) >= 11 is 0. The van der Waals surface area contributed by atoms with Crippen molar-refractivity contribution in [2.45, 2.75) is 70.2 Å². The number of hydrogen-bond donors (Lipinski definition) is 7. The third kappa shape index (κ3) is 12.8. The number of anilines is 1. The first-order valence-corrected chi connectivity index (χ1v) is 18.1. The SMILES string of the molecule is CC(C)[C@H](N)C(=O)N[C@@H](Cc1ccc(O)cc1)C(=O)N[C@@H](Cc1ccccc1)C(=O)N[C@@H](C)C(=O)N[C@@H](Cc1ccccc1)C(=O)Nc1ccc([N+](=O)[O-])cc1. The Bertz CT molecular complexity index is 1960. The van der Waals surface area contributed by atoms with Crippen molar-refractivity contribution in [2.75, 3.05) is 5.32 Å². The van der Waals surface area contributed by atoms with Crippen molar-refractivity contribution in [3.05, 3.63) is 136 Å². The van der Waals surface area contributed by atoms with Gasteiger partial charge >= 0.3 is 0 Å². The summed E-state index contributed by atoms with van der Waals surface area (Å²) in [5.74, 6) is -3.43. The zero-order valence-electron chi connectivity index (χ0n) is 31.3. The van der Waals surface area contributed by atoms with Gasteiger partial charge in [-0.05, 0) is 53.8 Å². The standard InChI is InChI=1S/C41H47N7O8/c1-25(2)36(42)41(54)47-35(24-29-14-20-32(49)21-15-29)40(53)46-33(22-27-10-6-4-7-11-27)38(51)43-26(3)37(50)45-34(23-28-12-8-5-9-13-28)39(52)44-30-16-18-31(19-17-30)48(55)56/h4-21,25-26,33-36,49H,22-24,42H2,1-3H3,(H,43,51)(H,44,52)(H,45,50)(H,46,53)(H,47,54)/t26-,33-,34-,35-,36-/m0/s1. The van der Waals surface area contributed by atoms with Gasteiger partial charge in [-0.25, -0.2) is 0 Å². The Morgan fingerprint density at radius 2 is 1.02 bits per heavy atom. The number of carbonyl (C=O) groups excluding carboxylic acids is 5. The molecule has 0 fully saturated rings. The minimum atomic E-state index is -1.20. The maximum atomic E-state index is 13.9. The van der Waals surface area contributed by atoms with Gasteiger partial charge in [-0.2, -0.15) is 0 Å². The van der Waals surface area contributed by atoms with Crippen LogP contribution in [0.5, 0.6) is 5.75 Å². The molecule has 0 aliphatic rings. The van der Waals surface area contributed by atoms with Crippen LogP contribution in [0.15, 0.2) is 109 Å². The molecule has 56 heavy (non-hydrogen) atoms. The number of nitrogens with zero attached hydrogens (tertiary/aromatic N) is 1. The fraction of sp³-hybridized carbons (Fsp3) is 0.293. The van der Waals surface area contributed by atoms with Gasteiger partial charge in [0.1, 0.15) is 29.9 Å². The maximum absolute atomic E-state index is 13.9. The molecule has 0 heterocycles. The van der Waals surface area contributed by atoms with E-state index in [4.69, 9.17) is 5.73 Å². The minimum Gasteiger partial charge on any atom is -0.508 e. The lowest BCUT2D eigenvalue weighted by molar-refractivity contribution is -0.384. The molecule has 8 N–H and O–H groups in total. The van der Waals surface area contributed by atoms with Crippen molar-refractivity contribution in [3.63, 3.8) is 0 Å². The number of nitrogens with two attached hydrogens (primary N) is 1. The Hall–Kier alpha value is -6.61. The van der Waals surface area contributed by atoms with Crippen molar-refractivity contribution in [3.8, 4) is 5.75 Å². The molecular weight excluding hydrogens is 718 g/mol. The number of nitrogens with one attached hydrogen (secondary N) is 5. The van der Waals surface area contributed by atoms with Gasteiger partial charge in [-0.15, -0.1) is 0 Å². The van der Waals surface area contributed by atoms with Gasteiger partial charge in [0.15, 0.2) is 0 Å². The highest BCUT2D eigenvalue weighted by molar-refractivity contribution is 5.99. The summed E-state index contributed by atoms with van der Waals surface area (Å²) < 4.78 is 0. The number of hydrogen-bond acceptors (Lipinski definition) is 9. The molecule has 5 atom stereocenters. The van der Waals surface area contributed by atoms with Gasteiger partial charge in [0, 0.05) is 37.1 Å². The molecule has 0 radical (unpaired) electrons. The van der Waals surface area contributed by atoms with Crippen molar-refractivity contribution in [1.29, 1.82) is 0 Å². The van der Waals surface area contributed by atoms with Crippen LogP contribution in [0.3, 0.4) is 0 Å². The first-order chi connectivity index (χ1) is 26.7. The molecule has 0 aliphatic heterocycles. The van der Waals surface area contributed by atoms with Crippen LogP contribution in [0, 0.1) is 16.0 Å². The molecule has 4 aromatic carbocycles. The highest BCUT2D eigenvalue weighted by Gasteiger charge is 2.31. The van der Waals surface area contributed by atoms with Crippen LogP contribution in [0.2, 0.25) is 0 Å². The molecule has 15 heteroatoms. The quantitative estimate of drug-likeness (QED) is 0.0582. The van der Waals surface area contributed by atoms with Crippen molar-refractivity contribution < 1.29 is 34.0 Å². The van der Waals surface area contributed by atoms with E-state index in [1.54, 1.807) is 86.6 Å². The Kier molecular flexibility index (Phi) is 15.2. The monoisotopic (exact) mass is 765 g/mol. The van der Waals surface area contributed by atoms with Crippen LogP contribution in [-0.2, 0) is 43.2 Å². The number of carbonyl (C=O) groups is 5. The second-order valence-electron chi connectivity index (χ2n) is 13.7. The van der Waals surface area contributed by atoms with Crippen LogP contribution < -0.4 is 32.3 Å². The van der Waals surface area contributed by atoms with Crippen molar-refractivity contribution in [1.82, 2.24) is 21.3 Å². The average Bonchev–Trinajstić information content (AvgIpc) is 3.18. The Morgan fingerprint density at radius 3 is 1.50 bits per heavy atom. The molecule has 0 saturated carbocycles. The molecule has 5 amide bonds. The largest absolute Gasteiger partial charge is 0.508 e. The van der Waals surface area contributed by atoms with Crippen LogP contribution >= 0.6 is 0 Å². The number of non-ortho nitro benzene ring substituents is 1. The number of nitro benzene ring substituents is 1. The first kappa shape index (κ1) is 42.1. The molecule has 15 nitrogen and oxygen atoms in total. The molecule has 0 saturated heterocycles. The predicted molar refractivity (Wildman–Crippen MR) is 210 cm³/mol. The summed E-state index contributed by atoms with van der Waals surface area (Å²) in [5, 5.41) is 34.3. The molecule has 4 aromatic rings. The molecule has 0 aliphatic carbocycles. The number of benzene rings is 4. The molecule has 0 spiro atoms. The summed E-state index contributed by atoms with van der Waals surface area (Å²) in [6.07, 6.45) is 0.145. The number of phenols is 1. The second-order valence-corrected chi connectivity index (χ2v) is 13.7. The third-order valence-electron chi connectivity index (χ3n) is 8.96. The normalized spacial score (nSPS) is 13.6. The smallest absolute Gasteiger partial charge is 0.269 e. The van der Waals surface area contributed by atoms with Crippen molar-refractivity contribution in [2.24, 2.45) is 11.7 Å². The summed E-state index contributed by atoms with van der Waals surface area (Å²) in [6.45, 7) is 4.97. The van der Waals surface area contributed by atoms with E-state index in [9.17, 15) is 39.2 Å². The Labute approximate surface area is 324 Å². The van der Waals surface area contributed by atoms with E-state index in [-0.39, 0.29) is 42.3 Å². The van der Waals surface area contributed by atoms with E-state index in [1.165, 1.54) is 43.3 Å². The molecule has 294 valence electrons. The van der Waals surface area contributed by atoms with Gasteiger partial charge < -0.3 is 37.4 Å². The fourth-order valence-corrected chi connectivity index (χ4v) is 5.61. The van der Waals surface area contributed by atoms with Gasteiger partial charge in [0.2, 0.25) is 29.5 Å². The lowest BCUT2D eigenvalue weighted by Crippen LogP contribution is -2.59. The molecule has 0 bridgehead atoms. The highest BCUT2D eigenvalue weighted by atomic mass is 16.6. The van der Waals surface area contributed by atoms with E-state index < -0.39 is 64.7 Å². The van der Waals surface area contributed by atoms with E-state index in [1.807, 2.05) is 0 Å². The lowest BCUT2D eigenvalue weighted by Gasteiger charge is -2.26. The van der Waals surface area contributed by atoms with Crippen LogP contribution in [0.4, 0.5) is 11.4 Å². The lowest BCUT2D eigenvalue weighted by atomic mass is 10.0. The number of phenolic OH excluding ortho intramolecular Hbond substituents is 1. The molecule has 0 unspecified atom stereocenters. The Balaban J connectivity index is 1.52. The van der Waals surface area contributed by atoms with Crippen LogP contribution in [-0.4, -0.2) is 69.8 Å². The van der Waals surface area contributed by atoms with Gasteiger partial charge in [0.25, 0.3) is 5.69 Å². The van der Waals surface area contributed by atoms with E-state index in [0.717, 1.165) is 5.56 Å². The molecule has 0 aromatic heterocycles. The summed E-state index contributed by atoms with van der Waals surface area (Å²) in [5.41, 5.74) is 8.27. The number of aromatic hydroxyl groups is 1. The zero-order chi connectivity index (χ0) is 40.8. The van der Waals surface area contributed by atoms with Crippen LogP contribution in [0.1, 0.15) is 37.5 Å². The maximum Gasteiger partial charge on any atom is 0.269 e. The molecule has 4 rings (SSSR count). The number of rotatable bonds is 18. The number of nitro groups is 1. The summed E-state index contributed by atoms with van der Waals surface area (Å²) in [4.78, 5) is 78.4. The Morgan fingerprint density at radius 1 is 0.589 bits per heavy atom. The predicted octanol–water partition coefficient (Wildman–Crippen LogP) is 2.91. The van der Waals surface area contributed by atoms with E-state index in [2.05, 4.69) is 26.6 Å². The topological polar surface area (TPSA) is 235 Å². The van der Waals surface area contributed by atoms with Crippen molar-refractivity contribution >= 4 is 40.9 Å². The number of amides is 5. The van der Waals surface area contributed by atoms with Gasteiger partial charge in [-0.3, -0.25) is 34.1 Å². The second kappa shape index (κ2) is 20.2. The third-order valence-corrected chi connectivity index (χ3v) is 8.96. The summed E-state index contributed by atoms with van der Waals surface area (Å²) in [6, 6.07) is 23.6.